The average Bonchev–Trinajstić information content (AvgIpc) is 2.61. The van der Waals surface area contributed by atoms with Gasteiger partial charge in [0.15, 0.2) is 0 Å². The highest BCUT2D eigenvalue weighted by atomic mass is 32.2. The maximum atomic E-state index is 13.2. The van der Waals surface area contributed by atoms with Crippen LogP contribution in [0.1, 0.15) is 11.7 Å². The van der Waals surface area contributed by atoms with E-state index in [9.17, 15) is 9.50 Å². The molecule has 1 aromatic heterocycles. The first-order valence-electron chi connectivity index (χ1n) is 7.54. The summed E-state index contributed by atoms with van der Waals surface area (Å²) in [4.78, 5) is 10.7. The Bertz CT molecular complexity index is 651. The van der Waals surface area contributed by atoms with Gasteiger partial charge >= 0.3 is 0 Å². The van der Waals surface area contributed by atoms with Crippen LogP contribution in [0.25, 0.3) is 0 Å². The van der Waals surface area contributed by atoms with E-state index < -0.39 is 6.10 Å². The minimum absolute atomic E-state index is 0.260. The number of thioether (sulfide) groups is 1. The zero-order valence-electron chi connectivity index (χ0n) is 12.7. The summed E-state index contributed by atoms with van der Waals surface area (Å²) < 4.78 is 13.2. The Hall–Kier alpha value is -1.86. The van der Waals surface area contributed by atoms with Crippen molar-refractivity contribution < 1.29 is 9.50 Å². The van der Waals surface area contributed by atoms with Gasteiger partial charge in [0.25, 0.3) is 0 Å². The van der Waals surface area contributed by atoms with Gasteiger partial charge in [0, 0.05) is 37.2 Å². The van der Waals surface area contributed by atoms with E-state index in [1.807, 2.05) is 17.8 Å². The van der Waals surface area contributed by atoms with E-state index in [2.05, 4.69) is 20.2 Å². The fourth-order valence-corrected chi connectivity index (χ4v) is 3.35. The molecule has 0 radical (unpaired) electrons. The molecule has 1 saturated heterocycles. The Morgan fingerprint density at radius 2 is 2.09 bits per heavy atom. The van der Waals surface area contributed by atoms with E-state index in [4.69, 9.17) is 0 Å². The van der Waals surface area contributed by atoms with Crippen molar-refractivity contribution in [2.45, 2.75) is 6.10 Å². The summed E-state index contributed by atoms with van der Waals surface area (Å²) >= 11 is 1.95. The number of rotatable bonds is 5. The van der Waals surface area contributed by atoms with E-state index in [0.717, 1.165) is 30.4 Å². The van der Waals surface area contributed by atoms with Crippen molar-refractivity contribution in [2.24, 2.45) is 0 Å². The molecule has 2 N–H and O–H groups in total. The second-order valence-corrected chi connectivity index (χ2v) is 6.54. The molecule has 122 valence electrons. The van der Waals surface area contributed by atoms with Crippen LogP contribution in [0.15, 0.2) is 36.7 Å². The number of hydrogen-bond acceptors (Lipinski definition) is 6. The van der Waals surface area contributed by atoms with Crippen LogP contribution in [0.3, 0.4) is 0 Å². The molecule has 0 amide bonds. The van der Waals surface area contributed by atoms with Crippen molar-refractivity contribution in [3.05, 3.63) is 48.0 Å². The number of nitrogens with one attached hydrogen (secondary N) is 1. The van der Waals surface area contributed by atoms with E-state index >= 15 is 0 Å². The number of aliphatic hydroxyl groups is 1. The SMILES string of the molecule is OC(CNc1cc(N2CCSCC2)ncn1)c1cccc(F)c1. The molecule has 3 rings (SSSR count). The van der Waals surface area contributed by atoms with Crippen LogP contribution in [0.2, 0.25) is 0 Å². The van der Waals surface area contributed by atoms with Gasteiger partial charge in [-0.1, -0.05) is 12.1 Å². The molecule has 0 saturated carbocycles. The Balaban J connectivity index is 1.61. The first kappa shape index (κ1) is 16.0. The summed E-state index contributed by atoms with van der Waals surface area (Å²) in [7, 11) is 0. The minimum atomic E-state index is -0.796. The zero-order valence-corrected chi connectivity index (χ0v) is 13.5. The molecular formula is C16H19FN4OS. The van der Waals surface area contributed by atoms with Gasteiger partial charge in [0.05, 0.1) is 6.10 Å². The summed E-state index contributed by atoms with van der Waals surface area (Å²) in [6.07, 6.45) is 0.726. The molecule has 1 fully saturated rings. The third-order valence-electron chi connectivity index (χ3n) is 3.70. The molecule has 5 nitrogen and oxygen atoms in total. The lowest BCUT2D eigenvalue weighted by atomic mass is 10.1. The molecule has 0 spiro atoms. The summed E-state index contributed by atoms with van der Waals surface area (Å²) in [5, 5.41) is 13.2. The second-order valence-electron chi connectivity index (χ2n) is 5.31. The lowest BCUT2D eigenvalue weighted by molar-refractivity contribution is 0.191. The Morgan fingerprint density at radius 3 is 2.87 bits per heavy atom. The molecule has 2 aromatic rings. The van der Waals surface area contributed by atoms with Gasteiger partial charge < -0.3 is 15.3 Å². The van der Waals surface area contributed by atoms with Crippen LogP contribution in [0.4, 0.5) is 16.0 Å². The van der Waals surface area contributed by atoms with Crippen molar-refractivity contribution in [1.82, 2.24) is 9.97 Å². The van der Waals surface area contributed by atoms with Crippen LogP contribution in [0, 0.1) is 5.82 Å². The van der Waals surface area contributed by atoms with Gasteiger partial charge in [0.2, 0.25) is 0 Å². The van der Waals surface area contributed by atoms with Gasteiger partial charge in [-0.3, -0.25) is 0 Å². The van der Waals surface area contributed by atoms with Crippen molar-refractivity contribution in [1.29, 1.82) is 0 Å². The normalized spacial score (nSPS) is 16.2. The third kappa shape index (κ3) is 4.33. The molecule has 1 aliphatic rings. The smallest absolute Gasteiger partial charge is 0.134 e. The van der Waals surface area contributed by atoms with Crippen molar-refractivity contribution in [3.63, 3.8) is 0 Å². The highest BCUT2D eigenvalue weighted by Gasteiger charge is 2.13. The minimum Gasteiger partial charge on any atom is -0.387 e. The maximum Gasteiger partial charge on any atom is 0.134 e. The van der Waals surface area contributed by atoms with E-state index in [0.29, 0.717) is 11.4 Å². The van der Waals surface area contributed by atoms with Gasteiger partial charge in [-0.05, 0) is 17.7 Å². The highest BCUT2D eigenvalue weighted by molar-refractivity contribution is 7.99. The van der Waals surface area contributed by atoms with Crippen molar-refractivity contribution in [2.75, 3.05) is 41.4 Å². The lowest BCUT2D eigenvalue weighted by Crippen LogP contribution is -2.33. The Morgan fingerprint density at radius 1 is 1.26 bits per heavy atom. The quantitative estimate of drug-likeness (QED) is 0.875. The number of halogens is 1. The summed E-state index contributed by atoms with van der Waals surface area (Å²) in [5.74, 6) is 3.40. The fourth-order valence-electron chi connectivity index (χ4n) is 2.44. The number of anilines is 2. The van der Waals surface area contributed by atoms with Gasteiger partial charge in [0.1, 0.15) is 23.8 Å². The van der Waals surface area contributed by atoms with E-state index in [1.165, 1.54) is 18.5 Å². The van der Waals surface area contributed by atoms with Crippen LogP contribution < -0.4 is 10.2 Å². The summed E-state index contributed by atoms with van der Waals surface area (Å²) in [6.45, 7) is 2.22. The molecule has 0 bridgehead atoms. The molecule has 1 aromatic carbocycles. The van der Waals surface area contributed by atoms with Crippen LogP contribution in [-0.4, -0.2) is 46.2 Å². The first-order chi connectivity index (χ1) is 11.2. The number of nitrogens with zero attached hydrogens (tertiary/aromatic N) is 3. The first-order valence-corrected chi connectivity index (χ1v) is 8.70. The van der Waals surface area contributed by atoms with E-state index in [1.54, 1.807) is 12.1 Å². The predicted molar refractivity (Wildman–Crippen MR) is 91.4 cm³/mol. The standard InChI is InChI=1S/C16H19FN4OS/c17-13-3-1-2-12(8-13)14(22)10-18-15-9-16(20-11-19-15)21-4-6-23-7-5-21/h1-3,8-9,11,14,22H,4-7,10H2,(H,18,19,20). The Labute approximate surface area is 139 Å². The molecular weight excluding hydrogens is 315 g/mol. The largest absolute Gasteiger partial charge is 0.387 e. The van der Waals surface area contributed by atoms with E-state index in [-0.39, 0.29) is 12.4 Å². The molecule has 1 unspecified atom stereocenters. The summed E-state index contributed by atoms with van der Waals surface area (Å²) in [5.41, 5.74) is 0.542. The molecule has 1 aliphatic heterocycles. The molecule has 2 heterocycles. The summed E-state index contributed by atoms with van der Waals surface area (Å²) in [6, 6.07) is 7.87. The topological polar surface area (TPSA) is 61.3 Å². The maximum absolute atomic E-state index is 13.2. The Kier molecular flexibility index (Phi) is 5.30. The highest BCUT2D eigenvalue weighted by Crippen LogP contribution is 2.20. The number of benzene rings is 1. The number of aromatic nitrogens is 2. The third-order valence-corrected chi connectivity index (χ3v) is 4.64. The molecule has 7 heteroatoms. The predicted octanol–water partition coefficient (Wildman–Crippen LogP) is 2.31. The number of aliphatic hydroxyl groups excluding tert-OH is 1. The van der Waals surface area contributed by atoms with Gasteiger partial charge in [-0.25, -0.2) is 14.4 Å². The van der Waals surface area contributed by atoms with Crippen molar-refractivity contribution in [3.8, 4) is 0 Å². The fraction of sp³-hybridized carbons (Fsp3) is 0.375. The van der Waals surface area contributed by atoms with Gasteiger partial charge in [-0.15, -0.1) is 0 Å². The van der Waals surface area contributed by atoms with Gasteiger partial charge in [-0.2, -0.15) is 11.8 Å². The van der Waals surface area contributed by atoms with Crippen LogP contribution in [-0.2, 0) is 0 Å². The second kappa shape index (κ2) is 7.61. The monoisotopic (exact) mass is 334 g/mol. The number of hydrogen-bond donors (Lipinski definition) is 2. The van der Waals surface area contributed by atoms with Crippen LogP contribution >= 0.6 is 11.8 Å². The molecule has 0 aliphatic carbocycles. The van der Waals surface area contributed by atoms with Crippen molar-refractivity contribution >= 4 is 23.4 Å². The lowest BCUT2D eigenvalue weighted by Gasteiger charge is -2.27. The average molecular weight is 334 g/mol. The van der Waals surface area contributed by atoms with Crippen LogP contribution in [0.5, 0.6) is 0 Å². The molecule has 23 heavy (non-hydrogen) atoms. The zero-order chi connectivity index (χ0) is 16.1. The molecule has 1 atom stereocenters.